The van der Waals surface area contributed by atoms with Crippen molar-refractivity contribution in [2.75, 3.05) is 6.54 Å². The van der Waals surface area contributed by atoms with Gasteiger partial charge in [-0.2, -0.15) is 0 Å². The smallest absolute Gasteiger partial charge is 0.355 e. The summed E-state index contributed by atoms with van der Waals surface area (Å²) in [5.41, 5.74) is 0.958. The van der Waals surface area contributed by atoms with E-state index in [1.54, 1.807) is 11.3 Å². The lowest BCUT2D eigenvalue weighted by molar-refractivity contribution is 0.0691. The number of hydrogen-bond acceptors (Lipinski definition) is 6. The first-order chi connectivity index (χ1) is 10.0. The van der Waals surface area contributed by atoms with E-state index in [4.69, 9.17) is 5.11 Å². The fraction of sp³-hybridized carbons (Fsp3) is 0.333. The van der Waals surface area contributed by atoms with Crippen molar-refractivity contribution in [3.63, 3.8) is 0 Å². The number of nitrogens with zero attached hydrogens (tertiary/aromatic N) is 2. The van der Waals surface area contributed by atoms with Crippen LogP contribution in [0.15, 0.2) is 10.8 Å². The summed E-state index contributed by atoms with van der Waals surface area (Å²) in [5.74, 6) is -1.07. The van der Waals surface area contributed by atoms with Crippen LogP contribution in [0.4, 0.5) is 4.79 Å². The number of hydrogen-bond donors (Lipinski definition) is 3. The zero-order valence-corrected chi connectivity index (χ0v) is 12.9. The van der Waals surface area contributed by atoms with Gasteiger partial charge in [0.05, 0.1) is 17.2 Å². The standard InChI is InChI=1S/C12H14N4O3S2/c1-7-15-8(5-20-7)2-3-13-12(19)14-4-10-16-9(6-21-10)11(17)18/h5-6H,2-4H2,1H3,(H,17,18)(H2,13,14,19). The molecule has 9 heteroatoms. The zero-order valence-electron chi connectivity index (χ0n) is 11.3. The number of carboxylic acid groups (broad SMARTS) is 1. The third-order valence-corrected chi connectivity index (χ3v) is 4.18. The van der Waals surface area contributed by atoms with Gasteiger partial charge in [-0.1, -0.05) is 0 Å². The molecule has 0 fully saturated rings. The van der Waals surface area contributed by atoms with E-state index in [1.807, 2.05) is 12.3 Å². The van der Waals surface area contributed by atoms with E-state index >= 15 is 0 Å². The second-order valence-electron chi connectivity index (χ2n) is 4.15. The fourth-order valence-corrected chi connectivity index (χ4v) is 2.89. The molecule has 0 unspecified atom stereocenters. The number of aryl methyl sites for hydroxylation is 1. The molecule has 2 amide bonds. The van der Waals surface area contributed by atoms with E-state index in [9.17, 15) is 9.59 Å². The number of carbonyl (C=O) groups is 2. The van der Waals surface area contributed by atoms with Crippen LogP contribution in [0.1, 0.15) is 26.2 Å². The predicted octanol–water partition coefficient (Wildman–Crippen LogP) is 1.65. The second kappa shape index (κ2) is 7.14. The molecule has 0 atom stereocenters. The highest BCUT2D eigenvalue weighted by Gasteiger charge is 2.09. The Labute approximate surface area is 129 Å². The first-order valence-electron chi connectivity index (χ1n) is 6.15. The Bertz CT molecular complexity index is 638. The number of thiazole rings is 2. The third-order valence-electron chi connectivity index (χ3n) is 2.50. The molecule has 0 aliphatic rings. The normalized spacial score (nSPS) is 10.3. The van der Waals surface area contributed by atoms with Crippen LogP contribution < -0.4 is 10.6 Å². The Morgan fingerprint density at radius 2 is 2.05 bits per heavy atom. The van der Waals surface area contributed by atoms with Crippen LogP contribution in [-0.4, -0.2) is 33.6 Å². The van der Waals surface area contributed by atoms with E-state index in [-0.39, 0.29) is 18.3 Å². The summed E-state index contributed by atoms with van der Waals surface area (Å²) in [4.78, 5) is 30.4. The number of carboxylic acids is 1. The van der Waals surface area contributed by atoms with E-state index < -0.39 is 5.97 Å². The highest BCUT2D eigenvalue weighted by Crippen LogP contribution is 2.09. The number of urea groups is 1. The number of nitrogens with one attached hydrogen (secondary N) is 2. The van der Waals surface area contributed by atoms with Crippen molar-refractivity contribution < 1.29 is 14.7 Å². The van der Waals surface area contributed by atoms with Crippen LogP contribution in [0.2, 0.25) is 0 Å². The van der Waals surface area contributed by atoms with Gasteiger partial charge in [0.15, 0.2) is 5.69 Å². The Balaban J connectivity index is 1.68. The highest BCUT2D eigenvalue weighted by molar-refractivity contribution is 7.10. The first kappa shape index (κ1) is 15.4. The van der Waals surface area contributed by atoms with E-state index in [0.29, 0.717) is 18.0 Å². The van der Waals surface area contributed by atoms with Crippen molar-refractivity contribution in [1.82, 2.24) is 20.6 Å². The van der Waals surface area contributed by atoms with Crippen LogP contribution in [-0.2, 0) is 13.0 Å². The summed E-state index contributed by atoms with van der Waals surface area (Å²) < 4.78 is 0. The number of aromatic carboxylic acids is 1. The van der Waals surface area contributed by atoms with Crippen molar-refractivity contribution in [3.8, 4) is 0 Å². The zero-order chi connectivity index (χ0) is 15.2. The molecule has 0 radical (unpaired) electrons. The molecule has 112 valence electrons. The van der Waals surface area contributed by atoms with Crippen molar-refractivity contribution in [3.05, 3.63) is 32.2 Å². The predicted molar refractivity (Wildman–Crippen MR) is 79.9 cm³/mol. The SMILES string of the molecule is Cc1nc(CCNC(=O)NCc2nc(C(=O)O)cs2)cs1. The Kier molecular flexibility index (Phi) is 5.23. The van der Waals surface area contributed by atoms with Crippen molar-refractivity contribution >= 4 is 34.7 Å². The third kappa shape index (κ3) is 4.80. The maximum Gasteiger partial charge on any atom is 0.355 e. The lowest BCUT2D eigenvalue weighted by Gasteiger charge is -2.05. The molecule has 21 heavy (non-hydrogen) atoms. The Morgan fingerprint density at radius 3 is 2.67 bits per heavy atom. The Morgan fingerprint density at radius 1 is 1.24 bits per heavy atom. The molecule has 0 spiro atoms. The van der Waals surface area contributed by atoms with Gasteiger partial charge < -0.3 is 15.7 Å². The van der Waals surface area contributed by atoms with Crippen LogP contribution in [0.5, 0.6) is 0 Å². The van der Waals surface area contributed by atoms with Gasteiger partial charge in [0.2, 0.25) is 0 Å². The first-order valence-corrected chi connectivity index (χ1v) is 7.91. The van der Waals surface area contributed by atoms with Gasteiger partial charge in [-0.3, -0.25) is 0 Å². The highest BCUT2D eigenvalue weighted by atomic mass is 32.1. The quantitative estimate of drug-likeness (QED) is 0.749. The molecular weight excluding hydrogens is 312 g/mol. The lowest BCUT2D eigenvalue weighted by Crippen LogP contribution is -2.36. The average molecular weight is 326 g/mol. The van der Waals surface area contributed by atoms with Crippen LogP contribution in [0.25, 0.3) is 0 Å². The molecule has 3 N–H and O–H groups in total. The number of rotatable bonds is 6. The lowest BCUT2D eigenvalue weighted by atomic mass is 10.3. The molecule has 2 aromatic rings. The van der Waals surface area contributed by atoms with E-state index in [1.165, 1.54) is 16.7 Å². The molecule has 2 rings (SSSR count). The van der Waals surface area contributed by atoms with Crippen molar-refractivity contribution in [2.24, 2.45) is 0 Å². The maximum atomic E-state index is 11.6. The molecule has 2 heterocycles. The van der Waals surface area contributed by atoms with E-state index in [0.717, 1.165) is 10.7 Å². The minimum Gasteiger partial charge on any atom is -0.476 e. The van der Waals surface area contributed by atoms with Crippen molar-refractivity contribution in [1.29, 1.82) is 0 Å². The van der Waals surface area contributed by atoms with Crippen LogP contribution >= 0.6 is 22.7 Å². The largest absolute Gasteiger partial charge is 0.476 e. The fourth-order valence-electron chi connectivity index (χ4n) is 1.54. The minimum absolute atomic E-state index is 0.00360. The molecule has 0 saturated carbocycles. The van der Waals surface area contributed by atoms with E-state index in [2.05, 4.69) is 20.6 Å². The summed E-state index contributed by atoms with van der Waals surface area (Å²) in [5, 5.41) is 19.1. The summed E-state index contributed by atoms with van der Waals surface area (Å²) in [6.07, 6.45) is 0.679. The number of aromatic nitrogens is 2. The molecule has 0 aromatic carbocycles. The van der Waals surface area contributed by atoms with Gasteiger partial charge in [-0.05, 0) is 6.92 Å². The van der Waals surface area contributed by atoms with Gasteiger partial charge in [0.25, 0.3) is 0 Å². The monoisotopic (exact) mass is 326 g/mol. The molecule has 7 nitrogen and oxygen atoms in total. The second-order valence-corrected chi connectivity index (χ2v) is 6.15. The molecule has 0 aliphatic heterocycles. The maximum absolute atomic E-state index is 11.6. The van der Waals surface area contributed by atoms with Gasteiger partial charge in [-0.25, -0.2) is 19.6 Å². The molecule has 0 saturated heterocycles. The average Bonchev–Trinajstić information content (AvgIpc) is 3.05. The Hall–Kier alpha value is -2.00. The van der Waals surface area contributed by atoms with Gasteiger partial charge in [-0.15, -0.1) is 22.7 Å². The van der Waals surface area contributed by atoms with Gasteiger partial charge >= 0.3 is 12.0 Å². The summed E-state index contributed by atoms with van der Waals surface area (Å²) >= 11 is 2.78. The van der Waals surface area contributed by atoms with Crippen LogP contribution in [0.3, 0.4) is 0 Å². The molecule has 2 aromatic heterocycles. The van der Waals surface area contributed by atoms with Gasteiger partial charge in [0, 0.05) is 23.7 Å². The number of amides is 2. The minimum atomic E-state index is -1.07. The molecule has 0 aliphatic carbocycles. The number of carbonyl (C=O) groups excluding carboxylic acids is 1. The van der Waals surface area contributed by atoms with Crippen LogP contribution in [0, 0.1) is 6.92 Å². The summed E-state index contributed by atoms with van der Waals surface area (Å²) in [6, 6.07) is -0.311. The van der Waals surface area contributed by atoms with Gasteiger partial charge in [0.1, 0.15) is 5.01 Å². The topological polar surface area (TPSA) is 104 Å². The molecular formula is C12H14N4O3S2. The molecule has 0 bridgehead atoms. The summed E-state index contributed by atoms with van der Waals surface area (Å²) in [7, 11) is 0. The summed E-state index contributed by atoms with van der Waals surface area (Å²) in [6.45, 7) is 2.64. The van der Waals surface area contributed by atoms with Crippen molar-refractivity contribution in [2.45, 2.75) is 19.9 Å².